The molecule has 1 aromatic carbocycles. The maximum atomic E-state index is 9.81. The molecule has 1 saturated carbocycles. The molecule has 3 rings (SSSR count). The molecule has 0 saturated heterocycles. The Kier molecular flexibility index (Phi) is 8.02. The van der Waals surface area contributed by atoms with E-state index in [1.54, 1.807) is 6.20 Å². The summed E-state index contributed by atoms with van der Waals surface area (Å²) >= 11 is 0. The number of aromatic nitrogens is 2. The molecule has 2 N–H and O–H groups in total. The molecule has 0 atom stereocenters. The lowest BCUT2D eigenvalue weighted by molar-refractivity contribution is 0.126. The van der Waals surface area contributed by atoms with E-state index in [4.69, 9.17) is 0 Å². The van der Waals surface area contributed by atoms with Gasteiger partial charge in [-0.3, -0.25) is 0 Å². The molecule has 31 heavy (non-hydrogen) atoms. The van der Waals surface area contributed by atoms with Gasteiger partial charge in [-0.25, -0.2) is 9.98 Å². The average molecular weight is 420 g/mol. The van der Waals surface area contributed by atoms with Gasteiger partial charge in [-0.15, -0.1) is 0 Å². The summed E-state index contributed by atoms with van der Waals surface area (Å²) in [6.45, 7) is 8.55. The third-order valence-electron chi connectivity index (χ3n) is 5.43. The summed E-state index contributed by atoms with van der Waals surface area (Å²) in [6, 6.07) is 10.8. The number of hydrogen-bond donors (Lipinski definition) is 2. The highest BCUT2D eigenvalue weighted by atomic mass is 16.3. The van der Waals surface area contributed by atoms with Crippen molar-refractivity contribution >= 4 is 18.1 Å². The van der Waals surface area contributed by atoms with Crippen molar-refractivity contribution in [3.05, 3.63) is 47.7 Å². The third-order valence-corrected chi connectivity index (χ3v) is 5.43. The van der Waals surface area contributed by atoms with Crippen LogP contribution in [0.15, 0.2) is 41.5 Å². The molecular weight excluding hydrogens is 386 g/mol. The van der Waals surface area contributed by atoms with Crippen LogP contribution >= 0.6 is 0 Å². The summed E-state index contributed by atoms with van der Waals surface area (Å²) in [5.74, 6) is 7.51. The van der Waals surface area contributed by atoms with Gasteiger partial charge in [0.25, 0.3) is 5.95 Å². The summed E-state index contributed by atoms with van der Waals surface area (Å²) in [6.07, 6.45) is 6.78. The molecule has 0 aliphatic heterocycles. The van der Waals surface area contributed by atoms with Crippen molar-refractivity contribution in [3.8, 4) is 11.8 Å². The highest BCUT2D eigenvalue weighted by Crippen LogP contribution is 2.24. The summed E-state index contributed by atoms with van der Waals surface area (Å²) in [4.78, 5) is 15.8. The van der Waals surface area contributed by atoms with E-state index in [0.29, 0.717) is 23.8 Å². The van der Waals surface area contributed by atoms with Gasteiger partial charge < -0.3 is 15.3 Å². The maximum Gasteiger partial charge on any atom is 0.252 e. The molecule has 0 unspecified atom stereocenters. The van der Waals surface area contributed by atoms with Gasteiger partial charge in [0, 0.05) is 23.7 Å². The molecule has 1 aliphatic rings. The Bertz CT molecular complexity index is 914. The molecule has 6 heteroatoms. The van der Waals surface area contributed by atoms with Gasteiger partial charge in [0.15, 0.2) is 0 Å². The van der Waals surface area contributed by atoms with Crippen molar-refractivity contribution < 1.29 is 5.11 Å². The zero-order chi connectivity index (χ0) is 22.2. The van der Waals surface area contributed by atoms with Gasteiger partial charge in [-0.05, 0) is 65.5 Å². The quantitative estimate of drug-likeness (QED) is 0.413. The summed E-state index contributed by atoms with van der Waals surface area (Å²) in [5, 5.41) is 13.3. The second-order valence-electron chi connectivity index (χ2n) is 8.58. The lowest BCUT2D eigenvalue weighted by Crippen LogP contribution is -2.35. The van der Waals surface area contributed by atoms with Gasteiger partial charge in [0.05, 0.1) is 24.2 Å². The van der Waals surface area contributed by atoms with E-state index < -0.39 is 0 Å². The van der Waals surface area contributed by atoms with Crippen LogP contribution in [-0.2, 0) is 0 Å². The number of nitrogens with one attached hydrogen (secondary N) is 1. The number of aliphatic hydroxyl groups is 1. The Morgan fingerprint density at radius 2 is 1.74 bits per heavy atom. The van der Waals surface area contributed by atoms with Crippen molar-refractivity contribution in [1.29, 1.82) is 0 Å². The Morgan fingerprint density at radius 1 is 1.06 bits per heavy atom. The second-order valence-corrected chi connectivity index (χ2v) is 8.58. The zero-order valence-corrected chi connectivity index (χ0v) is 18.9. The van der Waals surface area contributed by atoms with E-state index in [2.05, 4.69) is 64.7 Å². The van der Waals surface area contributed by atoms with Crippen molar-refractivity contribution in [3.63, 3.8) is 0 Å². The fourth-order valence-corrected chi connectivity index (χ4v) is 3.69. The van der Waals surface area contributed by atoms with Crippen molar-refractivity contribution in [2.75, 3.05) is 5.32 Å². The molecule has 1 heterocycles. The minimum Gasteiger partial charge on any atom is -0.393 e. The number of anilines is 1. The largest absolute Gasteiger partial charge is 0.393 e. The fraction of sp³-hybridized carbons (Fsp3) is 0.480. The van der Waals surface area contributed by atoms with E-state index in [9.17, 15) is 5.11 Å². The topological polar surface area (TPSA) is 73.6 Å². The van der Waals surface area contributed by atoms with Crippen molar-refractivity contribution in [2.45, 2.75) is 77.6 Å². The van der Waals surface area contributed by atoms with Gasteiger partial charge in [0.1, 0.15) is 5.82 Å². The van der Waals surface area contributed by atoms with Crippen LogP contribution in [0.3, 0.4) is 0 Å². The van der Waals surface area contributed by atoms with E-state index >= 15 is 0 Å². The molecule has 6 nitrogen and oxygen atoms in total. The monoisotopic (exact) mass is 419 g/mol. The first-order valence-electron chi connectivity index (χ1n) is 11.1. The van der Waals surface area contributed by atoms with Gasteiger partial charge >= 0.3 is 0 Å². The number of aliphatic imine (C=N–C) groups is 1. The molecule has 1 fully saturated rings. The standard InChI is InChI=1S/C25H33N5O/c1-18(2)30(19(3)4)17-27-25-26-16-21(11-10-20-8-6-5-7-9-20)24(29-25)28-22-12-14-23(31)15-13-22/h5-9,16-19,22-23,31H,12-15H2,1-4H3,(H,26,28,29)/b27-17+. The average Bonchev–Trinajstić information content (AvgIpc) is 2.75. The van der Waals surface area contributed by atoms with Gasteiger partial charge in [-0.2, -0.15) is 4.98 Å². The normalized spacial score (nSPS) is 18.8. The van der Waals surface area contributed by atoms with Gasteiger partial charge in [0.2, 0.25) is 0 Å². The highest BCUT2D eigenvalue weighted by molar-refractivity contribution is 5.62. The Balaban J connectivity index is 1.86. The Labute approximate surface area is 185 Å². The molecule has 0 bridgehead atoms. The molecule has 1 aliphatic carbocycles. The second kappa shape index (κ2) is 10.9. The molecule has 2 aromatic rings. The smallest absolute Gasteiger partial charge is 0.252 e. The predicted octanol–water partition coefficient (Wildman–Crippen LogP) is 4.37. The van der Waals surface area contributed by atoms with Crippen molar-refractivity contribution in [2.24, 2.45) is 4.99 Å². The minimum atomic E-state index is -0.195. The molecule has 0 spiro atoms. The van der Waals surface area contributed by atoms with Crippen LogP contribution in [0.4, 0.5) is 11.8 Å². The number of hydrogen-bond acceptors (Lipinski definition) is 5. The maximum absolute atomic E-state index is 9.81. The Hall–Kier alpha value is -2.91. The third kappa shape index (κ3) is 6.80. The molecule has 0 radical (unpaired) electrons. The zero-order valence-electron chi connectivity index (χ0n) is 18.9. The lowest BCUT2D eigenvalue weighted by atomic mass is 9.93. The minimum absolute atomic E-state index is 0.195. The summed E-state index contributed by atoms with van der Waals surface area (Å²) in [5.41, 5.74) is 1.69. The van der Waals surface area contributed by atoms with Crippen LogP contribution in [0.5, 0.6) is 0 Å². The summed E-state index contributed by atoms with van der Waals surface area (Å²) < 4.78 is 0. The van der Waals surface area contributed by atoms with Crippen LogP contribution in [0, 0.1) is 11.8 Å². The van der Waals surface area contributed by atoms with E-state index in [1.807, 2.05) is 36.7 Å². The lowest BCUT2D eigenvalue weighted by Gasteiger charge is -2.28. The summed E-state index contributed by atoms with van der Waals surface area (Å²) in [7, 11) is 0. The predicted molar refractivity (Wildman–Crippen MR) is 127 cm³/mol. The number of rotatable bonds is 6. The van der Waals surface area contributed by atoms with Crippen molar-refractivity contribution in [1.82, 2.24) is 14.9 Å². The first kappa shape index (κ1) is 22.8. The first-order chi connectivity index (χ1) is 14.9. The fourth-order valence-electron chi connectivity index (χ4n) is 3.69. The SMILES string of the molecule is CC(C)N(/C=N/c1ncc(C#Cc2ccccc2)c(NC2CCC(O)CC2)n1)C(C)C. The molecule has 164 valence electrons. The number of nitrogens with zero attached hydrogens (tertiary/aromatic N) is 4. The highest BCUT2D eigenvalue weighted by Gasteiger charge is 2.20. The van der Waals surface area contributed by atoms with Crippen LogP contribution in [0.1, 0.15) is 64.5 Å². The van der Waals surface area contributed by atoms with E-state index in [1.165, 1.54) is 0 Å². The van der Waals surface area contributed by atoms with E-state index in [0.717, 1.165) is 36.8 Å². The van der Waals surface area contributed by atoms with Crippen LogP contribution in [0.2, 0.25) is 0 Å². The van der Waals surface area contributed by atoms with Crippen LogP contribution < -0.4 is 5.32 Å². The molecule has 0 amide bonds. The molecular formula is C25H33N5O. The van der Waals surface area contributed by atoms with E-state index in [-0.39, 0.29) is 12.1 Å². The van der Waals surface area contributed by atoms with Crippen LogP contribution in [0.25, 0.3) is 0 Å². The Morgan fingerprint density at radius 3 is 2.39 bits per heavy atom. The number of benzene rings is 1. The molecule has 1 aromatic heterocycles. The number of aliphatic hydroxyl groups excluding tert-OH is 1. The van der Waals surface area contributed by atoms with Crippen LogP contribution in [-0.4, -0.2) is 50.5 Å². The van der Waals surface area contributed by atoms with Gasteiger partial charge in [-0.1, -0.05) is 30.0 Å². The first-order valence-corrected chi connectivity index (χ1v) is 11.1.